The summed E-state index contributed by atoms with van der Waals surface area (Å²) in [6, 6.07) is 26.0. The van der Waals surface area contributed by atoms with Crippen LogP contribution in [0.15, 0.2) is 84.0 Å². The van der Waals surface area contributed by atoms with Crippen molar-refractivity contribution < 1.29 is 9.53 Å². The summed E-state index contributed by atoms with van der Waals surface area (Å²) in [5.41, 5.74) is 4.06. The van der Waals surface area contributed by atoms with Crippen molar-refractivity contribution in [1.29, 1.82) is 0 Å². The first-order valence-electron chi connectivity index (χ1n) is 12.7. The van der Waals surface area contributed by atoms with Crippen LogP contribution in [0.25, 0.3) is 0 Å². The number of amides is 1. The van der Waals surface area contributed by atoms with Crippen LogP contribution in [0.4, 0.5) is 0 Å². The van der Waals surface area contributed by atoms with E-state index in [1.54, 1.807) is 12.1 Å². The van der Waals surface area contributed by atoms with Crippen molar-refractivity contribution in [2.45, 2.75) is 31.7 Å². The molecule has 2 aliphatic heterocycles. The maximum absolute atomic E-state index is 13.6. The molecule has 0 aliphatic carbocycles. The van der Waals surface area contributed by atoms with Crippen LogP contribution < -0.4 is 4.74 Å². The highest BCUT2D eigenvalue weighted by Gasteiger charge is 2.36. The second-order valence-electron chi connectivity index (χ2n) is 9.64. The number of methoxy groups -OCH3 is 1. The van der Waals surface area contributed by atoms with Crippen molar-refractivity contribution in [1.82, 2.24) is 9.91 Å². The third-order valence-electron chi connectivity index (χ3n) is 7.28. The Morgan fingerprint density at radius 1 is 0.972 bits per heavy atom. The van der Waals surface area contributed by atoms with Crippen LogP contribution in [-0.2, 0) is 11.2 Å². The number of ether oxygens (including phenoxy) is 1. The highest BCUT2D eigenvalue weighted by Crippen LogP contribution is 2.38. The predicted molar refractivity (Wildman–Crippen MR) is 144 cm³/mol. The zero-order valence-corrected chi connectivity index (χ0v) is 21.4. The van der Waals surface area contributed by atoms with Gasteiger partial charge in [-0.25, -0.2) is 5.01 Å². The van der Waals surface area contributed by atoms with Crippen molar-refractivity contribution >= 4 is 23.2 Å². The van der Waals surface area contributed by atoms with E-state index in [0.29, 0.717) is 23.9 Å². The van der Waals surface area contributed by atoms with Crippen LogP contribution >= 0.6 is 11.6 Å². The van der Waals surface area contributed by atoms with Gasteiger partial charge in [0.2, 0.25) is 0 Å². The maximum atomic E-state index is 13.6. The number of para-hydroxylation sites is 1. The van der Waals surface area contributed by atoms with Crippen LogP contribution in [-0.4, -0.2) is 48.3 Å². The van der Waals surface area contributed by atoms with Crippen molar-refractivity contribution in [3.05, 3.63) is 101 Å². The molecule has 1 amide bonds. The fraction of sp³-hybridized carbons (Fsp3) is 0.333. The molecular weight excluding hydrogens is 470 g/mol. The zero-order chi connectivity index (χ0) is 24.9. The van der Waals surface area contributed by atoms with Gasteiger partial charge in [0.05, 0.1) is 25.4 Å². The number of benzene rings is 3. The van der Waals surface area contributed by atoms with Gasteiger partial charge in [-0.2, -0.15) is 5.10 Å². The van der Waals surface area contributed by atoms with Gasteiger partial charge < -0.3 is 4.74 Å². The van der Waals surface area contributed by atoms with Crippen LogP contribution in [0.1, 0.15) is 42.0 Å². The zero-order valence-electron chi connectivity index (χ0n) is 20.6. The van der Waals surface area contributed by atoms with Crippen LogP contribution in [0.3, 0.4) is 0 Å². The second kappa shape index (κ2) is 11.3. The quantitative estimate of drug-likeness (QED) is 0.400. The Kier molecular flexibility index (Phi) is 7.69. The van der Waals surface area contributed by atoms with E-state index in [2.05, 4.69) is 35.2 Å². The monoisotopic (exact) mass is 501 g/mol. The van der Waals surface area contributed by atoms with E-state index in [0.717, 1.165) is 54.9 Å². The summed E-state index contributed by atoms with van der Waals surface area (Å²) >= 11 is 6.58. The number of hydrogen-bond donors (Lipinski definition) is 0. The SMILES string of the molecule is COc1ccccc1C1=NN(C(=O)CN2CCC(Cc3ccccc3)CC2)[C@H](c2ccccc2Cl)C1. The van der Waals surface area contributed by atoms with Gasteiger partial charge in [0.1, 0.15) is 5.75 Å². The molecule has 2 heterocycles. The summed E-state index contributed by atoms with van der Waals surface area (Å²) in [6.07, 6.45) is 3.91. The lowest BCUT2D eigenvalue weighted by Crippen LogP contribution is -2.42. The molecule has 3 aromatic rings. The number of halogens is 1. The van der Waals surface area contributed by atoms with Crippen molar-refractivity contribution in [3.63, 3.8) is 0 Å². The number of hydrazone groups is 1. The van der Waals surface area contributed by atoms with E-state index in [9.17, 15) is 4.79 Å². The normalized spacial score (nSPS) is 18.8. The molecule has 6 heteroatoms. The second-order valence-corrected chi connectivity index (χ2v) is 10.0. The Labute approximate surface area is 218 Å². The van der Waals surface area contributed by atoms with Gasteiger partial charge in [0, 0.05) is 17.0 Å². The first-order valence-corrected chi connectivity index (χ1v) is 13.0. The molecule has 1 saturated heterocycles. The molecule has 0 spiro atoms. The highest BCUT2D eigenvalue weighted by atomic mass is 35.5. The van der Waals surface area contributed by atoms with Gasteiger partial charge in [-0.05, 0) is 67.6 Å². The molecule has 5 nitrogen and oxygen atoms in total. The number of likely N-dealkylation sites (tertiary alicyclic amines) is 1. The van der Waals surface area contributed by atoms with E-state index in [4.69, 9.17) is 21.4 Å². The molecule has 0 N–H and O–H groups in total. The molecule has 0 unspecified atom stereocenters. The third-order valence-corrected chi connectivity index (χ3v) is 7.63. The molecule has 0 saturated carbocycles. The predicted octanol–water partition coefficient (Wildman–Crippen LogP) is 5.98. The minimum absolute atomic E-state index is 0.00586. The topological polar surface area (TPSA) is 45.1 Å². The Morgan fingerprint density at radius 2 is 1.67 bits per heavy atom. The van der Waals surface area contributed by atoms with Crippen molar-refractivity contribution in [2.75, 3.05) is 26.7 Å². The highest BCUT2D eigenvalue weighted by molar-refractivity contribution is 6.31. The van der Waals surface area contributed by atoms with E-state index in [1.807, 2.05) is 48.5 Å². The largest absolute Gasteiger partial charge is 0.496 e. The number of nitrogens with zero attached hydrogens (tertiary/aromatic N) is 3. The lowest BCUT2D eigenvalue weighted by atomic mass is 9.90. The lowest BCUT2D eigenvalue weighted by molar-refractivity contribution is -0.134. The molecular formula is C30H32ClN3O2. The van der Waals surface area contributed by atoms with E-state index >= 15 is 0 Å². The van der Waals surface area contributed by atoms with Gasteiger partial charge in [0.25, 0.3) is 5.91 Å². The van der Waals surface area contributed by atoms with Crippen LogP contribution in [0, 0.1) is 5.92 Å². The number of piperidine rings is 1. The number of rotatable bonds is 7. The molecule has 3 aromatic carbocycles. The van der Waals surface area contributed by atoms with E-state index in [1.165, 1.54) is 5.56 Å². The summed E-state index contributed by atoms with van der Waals surface area (Å²) in [5.74, 6) is 1.42. The molecule has 0 aromatic heterocycles. The van der Waals surface area contributed by atoms with Gasteiger partial charge in [0.15, 0.2) is 0 Å². The summed E-state index contributed by atoms with van der Waals surface area (Å²) in [5, 5.41) is 7.14. The first kappa shape index (κ1) is 24.5. The number of carbonyl (C=O) groups excluding carboxylic acids is 1. The maximum Gasteiger partial charge on any atom is 0.257 e. The lowest BCUT2D eigenvalue weighted by Gasteiger charge is -2.33. The van der Waals surface area contributed by atoms with Crippen LogP contribution in [0.2, 0.25) is 5.02 Å². The number of carbonyl (C=O) groups is 1. The fourth-order valence-corrected chi connectivity index (χ4v) is 5.60. The average molecular weight is 502 g/mol. The van der Waals surface area contributed by atoms with Gasteiger partial charge in [-0.1, -0.05) is 72.3 Å². The summed E-state index contributed by atoms with van der Waals surface area (Å²) in [7, 11) is 1.66. The van der Waals surface area contributed by atoms with E-state index in [-0.39, 0.29) is 11.9 Å². The summed E-state index contributed by atoms with van der Waals surface area (Å²) in [6.45, 7) is 2.22. The standard InChI is InChI=1S/C30H32ClN3O2/c1-36-29-14-8-6-12-25(29)27-20-28(24-11-5-7-13-26(24)31)34(32-27)30(35)21-33-17-15-23(16-18-33)19-22-9-3-2-4-10-22/h2-14,23,28H,15-21H2,1H3/t28-/m0/s1. The Balaban J connectivity index is 1.30. The molecule has 5 rings (SSSR count). The Bertz CT molecular complexity index is 1220. The molecule has 36 heavy (non-hydrogen) atoms. The smallest absolute Gasteiger partial charge is 0.257 e. The van der Waals surface area contributed by atoms with Gasteiger partial charge in [-0.15, -0.1) is 0 Å². The Morgan fingerprint density at radius 3 is 2.42 bits per heavy atom. The summed E-state index contributed by atoms with van der Waals surface area (Å²) in [4.78, 5) is 15.9. The average Bonchev–Trinajstić information content (AvgIpc) is 3.36. The molecule has 0 bridgehead atoms. The van der Waals surface area contributed by atoms with Crippen molar-refractivity contribution in [3.8, 4) is 5.75 Å². The number of hydrogen-bond acceptors (Lipinski definition) is 4. The Hall–Kier alpha value is -3.15. The third kappa shape index (κ3) is 5.48. The van der Waals surface area contributed by atoms with Gasteiger partial charge in [-0.3, -0.25) is 9.69 Å². The summed E-state index contributed by atoms with van der Waals surface area (Å²) < 4.78 is 5.57. The fourth-order valence-electron chi connectivity index (χ4n) is 5.33. The molecule has 1 atom stereocenters. The molecule has 2 aliphatic rings. The molecule has 0 radical (unpaired) electrons. The minimum Gasteiger partial charge on any atom is -0.496 e. The minimum atomic E-state index is -0.235. The van der Waals surface area contributed by atoms with E-state index < -0.39 is 0 Å². The van der Waals surface area contributed by atoms with Crippen molar-refractivity contribution in [2.24, 2.45) is 11.0 Å². The first-order chi connectivity index (χ1) is 17.6. The molecule has 186 valence electrons. The van der Waals surface area contributed by atoms with Crippen LogP contribution in [0.5, 0.6) is 5.75 Å². The molecule has 1 fully saturated rings. The van der Waals surface area contributed by atoms with Gasteiger partial charge >= 0.3 is 0 Å².